The van der Waals surface area contributed by atoms with Crippen LogP contribution in [0.5, 0.6) is 0 Å². The van der Waals surface area contributed by atoms with Gasteiger partial charge in [-0.2, -0.15) is 0 Å². The van der Waals surface area contributed by atoms with Crippen LogP contribution < -0.4 is 5.32 Å². The van der Waals surface area contributed by atoms with Crippen molar-refractivity contribution in [2.75, 3.05) is 18.5 Å². The Morgan fingerprint density at radius 2 is 1.96 bits per heavy atom. The van der Waals surface area contributed by atoms with Crippen molar-refractivity contribution < 1.29 is 13.6 Å². The van der Waals surface area contributed by atoms with Crippen molar-refractivity contribution in [2.45, 2.75) is 6.42 Å². The molecule has 3 aromatic rings. The van der Waals surface area contributed by atoms with Gasteiger partial charge in [-0.25, -0.2) is 9.97 Å². The van der Waals surface area contributed by atoms with Crippen molar-refractivity contribution in [2.24, 2.45) is 0 Å². The van der Waals surface area contributed by atoms with E-state index in [-0.39, 0.29) is 0 Å². The number of nitrogens with one attached hydrogen (secondary N) is 1. The number of ether oxygens (including phenoxy) is 1. The lowest BCUT2D eigenvalue weighted by molar-refractivity contribution is 0.249. The second-order valence-electron chi connectivity index (χ2n) is 4.73. The molecule has 3 aromatic heterocycles. The molecule has 0 aromatic carbocycles. The summed E-state index contributed by atoms with van der Waals surface area (Å²) in [4.78, 5) is 8.89. The van der Waals surface area contributed by atoms with E-state index in [1.165, 1.54) is 6.26 Å². The molecule has 3 rings (SSSR count). The average Bonchev–Trinajstić information content (AvgIpc) is 3.28. The number of hydrogen-bond acceptors (Lipinski definition) is 6. The summed E-state index contributed by atoms with van der Waals surface area (Å²) in [6, 6.07) is 7.37. The molecule has 3 heterocycles. The third-order valence-corrected chi connectivity index (χ3v) is 3.17. The smallest absolute Gasteiger partial charge is 0.223 e. The fourth-order valence-electron chi connectivity index (χ4n) is 2.12. The summed E-state index contributed by atoms with van der Waals surface area (Å²) < 4.78 is 16.0. The van der Waals surface area contributed by atoms with Gasteiger partial charge in [-0.15, -0.1) is 0 Å². The van der Waals surface area contributed by atoms with Crippen LogP contribution in [-0.4, -0.2) is 23.1 Å². The highest BCUT2D eigenvalue weighted by atomic mass is 16.5. The van der Waals surface area contributed by atoms with Crippen LogP contribution in [0.3, 0.4) is 0 Å². The Morgan fingerprint density at radius 3 is 2.65 bits per heavy atom. The van der Waals surface area contributed by atoms with E-state index in [9.17, 15) is 0 Å². The zero-order valence-corrected chi connectivity index (χ0v) is 12.6. The lowest BCUT2D eigenvalue weighted by Crippen LogP contribution is -2.08. The third kappa shape index (κ3) is 3.60. The highest BCUT2D eigenvalue weighted by molar-refractivity contribution is 5.75. The molecule has 0 bridgehead atoms. The highest BCUT2D eigenvalue weighted by Gasteiger charge is 2.15. The fraction of sp³-hybridized carbons (Fsp3) is 0.176. The zero-order valence-electron chi connectivity index (χ0n) is 12.6. The molecule has 0 saturated carbocycles. The number of hydrogen-bond donors (Lipinski definition) is 1. The molecule has 0 radical (unpaired) electrons. The summed E-state index contributed by atoms with van der Waals surface area (Å²) in [6.45, 7) is 4.81. The zero-order chi connectivity index (χ0) is 15.9. The van der Waals surface area contributed by atoms with Crippen LogP contribution >= 0.6 is 0 Å². The van der Waals surface area contributed by atoms with Gasteiger partial charge in [0.2, 0.25) is 5.95 Å². The van der Waals surface area contributed by atoms with Gasteiger partial charge < -0.3 is 18.9 Å². The van der Waals surface area contributed by atoms with Gasteiger partial charge >= 0.3 is 0 Å². The first-order valence-corrected chi connectivity index (χ1v) is 7.29. The molecule has 118 valence electrons. The van der Waals surface area contributed by atoms with Gasteiger partial charge in [-0.1, -0.05) is 6.58 Å². The molecular weight excluding hydrogens is 294 g/mol. The maximum atomic E-state index is 5.48. The van der Waals surface area contributed by atoms with E-state index in [2.05, 4.69) is 21.9 Å². The molecule has 0 aliphatic rings. The summed E-state index contributed by atoms with van der Waals surface area (Å²) in [6.07, 6.45) is 7.22. The Kier molecular flexibility index (Phi) is 4.73. The summed E-state index contributed by atoms with van der Waals surface area (Å²) in [5.74, 6) is 1.89. The number of nitrogens with zero attached hydrogens (tertiary/aromatic N) is 2. The number of furan rings is 2. The van der Waals surface area contributed by atoms with Crippen LogP contribution in [0.4, 0.5) is 5.95 Å². The van der Waals surface area contributed by atoms with Crippen LogP contribution in [0, 0.1) is 0 Å². The molecule has 0 saturated heterocycles. The largest absolute Gasteiger partial charge is 0.502 e. The Balaban J connectivity index is 1.81. The average molecular weight is 311 g/mol. The van der Waals surface area contributed by atoms with Gasteiger partial charge in [0.05, 0.1) is 31.0 Å². The van der Waals surface area contributed by atoms with E-state index < -0.39 is 0 Å². The summed E-state index contributed by atoms with van der Waals surface area (Å²) >= 11 is 0. The highest BCUT2D eigenvalue weighted by Crippen LogP contribution is 2.31. The Labute approximate surface area is 133 Å². The van der Waals surface area contributed by atoms with Gasteiger partial charge in [0.15, 0.2) is 5.76 Å². The maximum absolute atomic E-state index is 5.48. The topological polar surface area (TPSA) is 73.3 Å². The van der Waals surface area contributed by atoms with E-state index in [1.807, 2.05) is 24.3 Å². The van der Waals surface area contributed by atoms with Crippen LogP contribution in [-0.2, 0) is 4.74 Å². The maximum Gasteiger partial charge on any atom is 0.223 e. The fourth-order valence-corrected chi connectivity index (χ4v) is 2.12. The second-order valence-corrected chi connectivity index (χ2v) is 4.73. The van der Waals surface area contributed by atoms with Crippen molar-refractivity contribution in [1.82, 2.24) is 9.97 Å². The molecule has 0 aliphatic heterocycles. The third-order valence-electron chi connectivity index (χ3n) is 3.17. The molecule has 23 heavy (non-hydrogen) atoms. The first-order chi connectivity index (χ1) is 11.4. The van der Waals surface area contributed by atoms with Gasteiger partial charge in [-0.3, -0.25) is 0 Å². The molecule has 0 aliphatic carbocycles. The predicted molar refractivity (Wildman–Crippen MR) is 86.7 cm³/mol. The number of aromatic nitrogens is 2. The molecule has 0 spiro atoms. The molecule has 6 nitrogen and oxygen atoms in total. The summed E-state index contributed by atoms with van der Waals surface area (Å²) in [5, 5.41) is 3.17. The minimum absolute atomic E-state index is 0.533. The van der Waals surface area contributed by atoms with Crippen molar-refractivity contribution >= 4 is 5.95 Å². The molecular formula is C17H17N3O3. The van der Waals surface area contributed by atoms with Crippen LogP contribution in [0.2, 0.25) is 0 Å². The molecule has 0 atom stereocenters. The monoisotopic (exact) mass is 311 g/mol. The van der Waals surface area contributed by atoms with Crippen molar-refractivity contribution in [1.29, 1.82) is 0 Å². The minimum Gasteiger partial charge on any atom is -0.502 e. The van der Waals surface area contributed by atoms with E-state index >= 15 is 0 Å². The van der Waals surface area contributed by atoms with E-state index in [4.69, 9.17) is 13.6 Å². The molecule has 0 unspecified atom stereocenters. The number of anilines is 1. The van der Waals surface area contributed by atoms with Crippen molar-refractivity contribution in [3.8, 4) is 22.8 Å². The Bertz CT molecular complexity index is 737. The van der Waals surface area contributed by atoms with E-state index in [1.54, 1.807) is 18.7 Å². The lowest BCUT2D eigenvalue weighted by atomic mass is 10.1. The Hall–Kier alpha value is -3.02. The number of rotatable bonds is 8. The SMILES string of the molecule is C=COCCCNc1ncc(-c2ccco2)c(-c2ccco2)n1. The molecule has 6 heteroatoms. The van der Waals surface area contributed by atoms with Crippen LogP contribution in [0.25, 0.3) is 22.8 Å². The van der Waals surface area contributed by atoms with Gasteiger partial charge in [0, 0.05) is 12.7 Å². The first-order valence-electron chi connectivity index (χ1n) is 7.29. The quantitative estimate of drug-likeness (QED) is 0.501. The molecule has 1 N–H and O–H groups in total. The van der Waals surface area contributed by atoms with E-state index in [0.717, 1.165) is 12.0 Å². The molecule has 0 fully saturated rings. The molecule has 0 amide bonds. The van der Waals surface area contributed by atoms with Crippen LogP contribution in [0.1, 0.15) is 6.42 Å². The summed E-state index contributed by atoms with van der Waals surface area (Å²) in [7, 11) is 0. The van der Waals surface area contributed by atoms with Gasteiger partial charge in [0.1, 0.15) is 11.5 Å². The summed E-state index contributed by atoms with van der Waals surface area (Å²) in [5.41, 5.74) is 1.47. The predicted octanol–water partition coefficient (Wildman–Crippen LogP) is 3.96. The van der Waals surface area contributed by atoms with E-state index in [0.29, 0.717) is 36.3 Å². The van der Waals surface area contributed by atoms with Crippen molar-refractivity contribution in [3.05, 3.63) is 55.8 Å². The lowest BCUT2D eigenvalue weighted by Gasteiger charge is -2.08. The van der Waals surface area contributed by atoms with Crippen molar-refractivity contribution in [3.63, 3.8) is 0 Å². The van der Waals surface area contributed by atoms with Crippen LogP contribution in [0.15, 0.2) is 64.7 Å². The minimum atomic E-state index is 0.533. The van der Waals surface area contributed by atoms with Gasteiger partial charge in [0.25, 0.3) is 0 Å². The van der Waals surface area contributed by atoms with Gasteiger partial charge in [-0.05, 0) is 30.7 Å². The Morgan fingerprint density at radius 1 is 1.17 bits per heavy atom. The standard InChI is InChI=1S/C17H17N3O3/c1-2-21-9-5-8-18-17-19-12-13(14-6-3-10-22-14)16(20-17)15-7-4-11-23-15/h2-4,6-7,10-12H,1,5,8-9H2,(H,18,19,20). The first kappa shape index (κ1) is 14.9. The normalized spacial score (nSPS) is 10.4. The second kappa shape index (κ2) is 7.31.